The van der Waals surface area contributed by atoms with Crippen LogP contribution in [0.4, 0.5) is 11.5 Å². The number of anilines is 2. The third-order valence-corrected chi connectivity index (χ3v) is 5.41. The third-order valence-electron chi connectivity index (χ3n) is 4.23. The molecule has 5 nitrogen and oxygen atoms in total. The van der Waals surface area contributed by atoms with Gasteiger partial charge in [-0.05, 0) is 55.5 Å². The van der Waals surface area contributed by atoms with Crippen LogP contribution in [0.2, 0.25) is 0 Å². The zero-order chi connectivity index (χ0) is 18.8. The van der Waals surface area contributed by atoms with Crippen molar-refractivity contribution in [1.82, 2.24) is 9.97 Å². The van der Waals surface area contributed by atoms with Crippen LogP contribution in [0.5, 0.6) is 0 Å². The number of rotatable bonds is 5. The zero-order valence-corrected chi connectivity index (χ0v) is 16.5. The Morgan fingerprint density at radius 3 is 2.65 bits per heavy atom. The molecule has 0 fully saturated rings. The Kier molecular flexibility index (Phi) is 5.23. The van der Waals surface area contributed by atoms with Crippen LogP contribution in [0, 0.1) is 26.7 Å². The number of nitrogens with zero attached hydrogens (tertiary/aromatic N) is 2. The molecule has 0 saturated heterocycles. The first-order valence-corrected chi connectivity index (χ1v) is 9.44. The quantitative estimate of drug-likeness (QED) is 0.628. The molecule has 26 heavy (non-hydrogen) atoms. The highest BCUT2D eigenvalue weighted by Crippen LogP contribution is 2.35. The Morgan fingerprint density at radius 1 is 1.19 bits per heavy atom. The van der Waals surface area contributed by atoms with Gasteiger partial charge in [-0.25, -0.2) is 14.8 Å². The number of hydrogen-bond donors (Lipinski definition) is 1. The van der Waals surface area contributed by atoms with Crippen LogP contribution in [0.3, 0.4) is 0 Å². The van der Waals surface area contributed by atoms with Crippen molar-refractivity contribution in [2.75, 3.05) is 11.9 Å². The molecule has 0 aliphatic rings. The van der Waals surface area contributed by atoms with Gasteiger partial charge in [0.2, 0.25) is 0 Å². The van der Waals surface area contributed by atoms with Crippen LogP contribution in [-0.4, -0.2) is 22.5 Å². The summed E-state index contributed by atoms with van der Waals surface area (Å²) in [6.45, 7) is 10.5. The van der Waals surface area contributed by atoms with Crippen molar-refractivity contribution < 1.29 is 9.53 Å². The maximum atomic E-state index is 12.4. The van der Waals surface area contributed by atoms with Gasteiger partial charge in [-0.2, -0.15) is 0 Å². The molecule has 0 aliphatic carbocycles. The number of ether oxygens (including phenoxy) is 1. The average Bonchev–Trinajstić information content (AvgIpc) is 2.94. The Labute approximate surface area is 157 Å². The van der Waals surface area contributed by atoms with E-state index in [4.69, 9.17) is 4.74 Å². The summed E-state index contributed by atoms with van der Waals surface area (Å²) in [5, 5.41) is 4.23. The third kappa shape index (κ3) is 3.70. The first-order valence-electron chi connectivity index (χ1n) is 8.62. The summed E-state index contributed by atoms with van der Waals surface area (Å²) < 4.78 is 5.39. The van der Waals surface area contributed by atoms with Crippen molar-refractivity contribution in [3.05, 3.63) is 46.1 Å². The fraction of sp³-hybridized carbons (Fsp3) is 0.350. The molecule has 2 heterocycles. The SMILES string of the molecule is Cc1ccc(Nc2ncnc3sc(C(=O)OCC(C)C)c(C)c23)cc1C. The van der Waals surface area contributed by atoms with Gasteiger partial charge in [0.25, 0.3) is 0 Å². The fourth-order valence-electron chi connectivity index (χ4n) is 2.62. The van der Waals surface area contributed by atoms with Gasteiger partial charge in [-0.1, -0.05) is 19.9 Å². The molecule has 0 amide bonds. The van der Waals surface area contributed by atoms with Crippen molar-refractivity contribution in [3.8, 4) is 0 Å². The van der Waals surface area contributed by atoms with Crippen molar-refractivity contribution >= 4 is 39.0 Å². The Morgan fingerprint density at radius 2 is 1.96 bits per heavy atom. The van der Waals surface area contributed by atoms with Crippen molar-refractivity contribution in [2.24, 2.45) is 5.92 Å². The molecule has 0 bridgehead atoms. The van der Waals surface area contributed by atoms with E-state index in [-0.39, 0.29) is 5.97 Å². The lowest BCUT2D eigenvalue weighted by atomic mass is 10.1. The second-order valence-electron chi connectivity index (χ2n) is 6.87. The number of benzene rings is 1. The second-order valence-corrected chi connectivity index (χ2v) is 7.87. The van der Waals surface area contributed by atoms with Gasteiger partial charge >= 0.3 is 5.97 Å². The molecule has 0 radical (unpaired) electrons. The van der Waals surface area contributed by atoms with Crippen molar-refractivity contribution in [3.63, 3.8) is 0 Å². The Balaban J connectivity index is 1.96. The number of nitrogens with one attached hydrogen (secondary N) is 1. The highest BCUT2D eigenvalue weighted by molar-refractivity contribution is 7.20. The number of aryl methyl sites for hydroxylation is 3. The Bertz CT molecular complexity index is 963. The predicted molar refractivity (Wildman–Crippen MR) is 106 cm³/mol. The number of aromatic nitrogens is 2. The van der Waals surface area contributed by atoms with Gasteiger partial charge in [0.05, 0.1) is 12.0 Å². The number of thiophene rings is 1. The molecule has 3 aromatic rings. The van der Waals surface area contributed by atoms with Crippen LogP contribution in [0.25, 0.3) is 10.2 Å². The van der Waals surface area contributed by atoms with Gasteiger partial charge in [0.1, 0.15) is 21.9 Å². The lowest BCUT2D eigenvalue weighted by molar-refractivity contribution is 0.0464. The lowest BCUT2D eigenvalue weighted by Crippen LogP contribution is -2.09. The van der Waals surface area contributed by atoms with E-state index in [1.165, 1.54) is 28.8 Å². The van der Waals surface area contributed by atoms with E-state index in [1.807, 2.05) is 26.8 Å². The predicted octanol–water partition coefficient (Wildman–Crippen LogP) is 5.17. The summed E-state index contributed by atoms with van der Waals surface area (Å²) >= 11 is 1.35. The molecule has 136 valence electrons. The molecular weight excluding hydrogens is 346 g/mol. The van der Waals surface area contributed by atoms with E-state index in [1.54, 1.807) is 0 Å². The number of fused-ring (bicyclic) bond motifs is 1. The van der Waals surface area contributed by atoms with Crippen LogP contribution >= 0.6 is 11.3 Å². The molecule has 3 rings (SSSR count). The lowest BCUT2D eigenvalue weighted by Gasteiger charge is -2.09. The number of esters is 1. The van der Waals surface area contributed by atoms with E-state index in [2.05, 4.69) is 41.3 Å². The summed E-state index contributed by atoms with van der Waals surface area (Å²) in [6, 6.07) is 6.18. The minimum Gasteiger partial charge on any atom is -0.461 e. The molecule has 0 spiro atoms. The van der Waals surface area contributed by atoms with Gasteiger partial charge in [-0.3, -0.25) is 0 Å². The van der Waals surface area contributed by atoms with Crippen LogP contribution in [-0.2, 0) is 4.74 Å². The maximum absolute atomic E-state index is 12.4. The van der Waals surface area contributed by atoms with Gasteiger partial charge in [0, 0.05) is 5.69 Å². The minimum atomic E-state index is -0.295. The van der Waals surface area contributed by atoms with E-state index < -0.39 is 0 Å². The first-order chi connectivity index (χ1) is 12.4. The number of hydrogen-bond acceptors (Lipinski definition) is 6. The first kappa shape index (κ1) is 18.3. The van der Waals surface area contributed by atoms with E-state index in [9.17, 15) is 4.79 Å². The average molecular weight is 369 g/mol. The van der Waals surface area contributed by atoms with Gasteiger partial charge in [0.15, 0.2) is 0 Å². The van der Waals surface area contributed by atoms with Gasteiger partial charge < -0.3 is 10.1 Å². The van der Waals surface area contributed by atoms with Crippen molar-refractivity contribution in [1.29, 1.82) is 0 Å². The largest absolute Gasteiger partial charge is 0.461 e. The molecule has 0 aliphatic heterocycles. The van der Waals surface area contributed by atoms with Crippen LogP contribution in [0.15, 0.2) is 24.5 Å². The standard InChI is InChI=1S/C20H23N3O2S/c1-11(2)9-25-20(24)17-14(5)16-18(21-10-22-19(16)26-17)23-15-7-6-12(3)13(4)8-15/h6-8,10-11H,9H2,1-5H3,(H,21,22,23). The van der Waals surface area contributed by atoms with E-state index >= 15 is 0 Å². The maximum Gasteiger partial charge on any atom is 0.348 e. The fourth-order valence-corrected chi connectivity index (χ4v) is 3.67. The number of carbonyl (C=O) groups is 1. The molecule has 1 N–H and O–H groups in total. The molecule has 0 atom stereocenters. The van der Waals surface area contributed by atoms with Gasteiger partial charge in [-0.15, -0.1) is 11.3 Å². The molecule has 1 aromatic carbocycles. The summed E-state index contributed by atoms with van der Waals surface area (Å²) in [4.78, 5) is 22.5. The molecule has 0 unspecified atom stereocenters. The minimum absolute atomic E-state index is 0.295. The topological polar surface area (TPSA) is 64.1 Å². The Hall–Kier alpha value is -2.47. The normalized spacial score (nSPS) is 11.2. The molecule has 0 saturated carbocycles. The van der Waals surface area contributed by atoms with Crippen LogP contribution in [0.1, 0.15) is 40.2 Å². The smallest absolute Gasteiger partial charge is 0.348 e. The summed E-state index contributed by atoms with van der Waals surface area (Å²) in [6.07, 6.45) is 1.52. The van der Waals surface area contributed by atoms with Crippen LogP contribution < -0.4 is 5.32 Å². The monoisotopic (exact) mass is 369 g/mol. The second kappa shape index (κ2) is 7.41. The summed E-state index contributed by atoms with van der Waals surface area (Å²) in [5.41, 5.74) is 4.26. The highest BCUT2D eigenvalue weighted by atomic mass is 32.1. The zero-order valence-electron chi connectivity index (χ0n) is 15.7. The van der Waals surface area contributed by atoms with Crippen molar-refractivity contribution in [2.45, 2.75) is 34.6 Å². The van der Waals surface area contributed by atoms with E-state index in [0.29, 0.717) is 23.2 Å². The number of carbonyl (C=O) groups excluding carboxylic acids is 1. The highest BCUT2D eigenvalue weighted by Gasteiger charge is 2.20. The van der Waals surface area contributed by atoms with E-state index in [0.717, 1.165) is 21.5 Å². The molecule has 6 heteroatoms. The summed E-state index contributed by atoms with van der Waals surface area (Å²) in [7, 11) is 0. The molecule has 2 aromatic heterocycles. The molecular formula is C20H23N3O2S. The summed E-state index contributed by atoms with van der Waals surface area (Å²) in [5.74, 6) is 0.710.